The number of benzene rings is 3. The number of hydrogen-bond acceptors (Lipinski definition) is 6. The van der Waals surface area contributed by atoms with Crippen LogP contribution < -0.4 is 10.2 Å². The molecule has 8 heteroatoms. The van der Waals surface area contributed by atoms with Crippen LogP contribution in [0.4, 0.5) is 4.39 Å². The fourth-order valence-electron chi connectivity index (χ4n) is 5.03. The highest BCUT2D eigenvalue weighted by Crippen LogP contribution is 2.33. The Labute approximate surface area is 218 Å². The maximum Gasteiger partial charge on any atom is 0.495 e. The molecule has 3 aromatic carbocycles. The van der Waals surface area contributed by atoms with Gasteiger partial charge in [-0.25, -0.2) is 4.39 Å². The van der Waals surface area contributed by atoms with Crippen molar-refractivity contribution in [2.45, 2.75) is 51.4 Å². The van der Waals surface area contributed by atoms with Gasteiger partial charge >= 0.3 is 7.12 Å². The zero-order valence-corrected chi connectivity index (χ0v) is 21.3. The van der Waals surface area contributed by atoms with Crippen LogP contribution in [0.25, 0.3) is 0 Å². The molecule has 3 aromatic rings. The summed E-state index contributed by atoms with van der Waals surface area (Å²) < 4.78 is 38.3. The van der Waals surface area contributed by atoms with Crippen molar-refractivity contribution in [1.29, 1.82) is 0 Å². The van der Waals surface area contributed by atoms with E-state index < -0.39 is 24.8 Å². The summed E-state index contributed by atoms with van der Waals surface area (Å²) in [4.78, 5) is 2.32. The highest BCUT2D eigenvalue weighted by Gasteiger charge is 2.41. The van der Waals surface area contributed by atoms with Crippen molar-refractivity contribution in [3.8, 4) is 5.75 Å². The number of halogens is 1. The van der Waals surface area contributed by atoms with E-state index in [2.05, 4.69) is 29.2 Å². The number of fused-ring (bicyclic) bond motifs is 1. The lowest BCUT2D eigenvalue weighted by atomic mass is 9.78. The molecule has 0 amide bonds. The topological polar surface area (TPSA) is 60.4 Å². The molecule has 2 aliphatic rings. The van der Waals surface area contributed by atoms with Gasteiger partial charge < -0.3 is 23.9 Å². The second-order valence-corrected chi connectivity index (χ2v) is 10.1. The minimum Gasteiger partial charge on any atom is -0.491 e. The maximum absolute atomic E-state index is 15.1. The second kappa shape index (κ2) is 11.3. The van der Waals surface area contributed by atoms with Gasteiger partial charge in [0, 0.05) is 30.7 Å². The van der Waals surface area contributed by atoms with E-state index in [1.165, 1.54) is 17.2 Å². The van der Waals surface area contributed by atoms with Crippen molar-refractivity contribution in [3.05, 3.63) is 95.3 Å². The molecule has 2 aliphatic heterocycles. The number of hydrogen-bond donors (Lipinski definition) is 1. The van der Waals surface area contributed by atoms with Gasteiger partial charge in [0.15, 0.2) is 5.79 Å². The van der Waals surface area contributed by atoms with E-state index in [0.29, 0.717) is 36.3 Å². The van der Waals surface area contributed by atoms with Crippen molar-refractivity contribution in [2.24, 2.45) is 0 Å². The molecular formula is C29H33BFNO5. The van der Waals surface area contributed by atoms with Crippen LogP contribution in [-0.4, -0.2) is 48.7 Å². The van der Waals surface area contributed by atoms with Crippen molar-refractivity contribution in [3.63, 3.8) is 0 Å². The minimum absolute atomic E-state index is 0.237. The lowest BCUT2D eigenvalue weighted by Gasteiger charge is -2.25. The van der Waals surface area contributed by atoms with Crippen LogP contribution >= 0.6 is 0 Å². The Kier molecular flexibility index (Phi) is 7.93. The third-order valence-electron chi connectivity index (χ3n) is 6.75. The highest BCUT2D eigenvalue weighted by atomic mass is 19.1. The molecule has 1 N–H and O–H groups in total. The van der Waals surface area contributed by atoms with Crippen LogP contribution in [0.15, 0.2) is 72.8 Å². The van der Waals surface area contributed by atoms with Gasteiger partial charge in [0.2, 0.25) is 0 Å². The van der Waals surface area contributed by atoms with Gasteiger partial charge in [-0.05, 0) is 43.5 Å². The summed E-state index contributed by atoms with van der Waals surface area (Å²) >= 11 is 0. The van der Waals surface area contributed by atoms with E-state index in [9.17, 15) is 5.02 Å². The van der Waals surface area contributed by atoms with Gasteiger partial charge in [-0.15, -0.1) is 0 Å². The van der Waals surface area contributed by atoms with E-state index in [0.717, 1.165) is 13.1 Å². The normalized spacial score (nSPS) is 20.4. The Balaban J connectivity index is 1.29. The number of rotatable bonds is 10. The van der Waals surface area contributed by atoms with Crippen LogP contribution in [0.5, 0.6) is 5.75 Å². The predicted octanol–water partition coefficient (Wildman–Crippen LogP) is 4.21. The molecule has 194 valence electrons. The summed E-state index contributed by atoms with van der Waals surface area (Å²) in [6.45, 7) is 6.52. The van der Waals surface area contributed by atoms with Gasteiger partial charge in [-0.3, -0.25) is 4.90 Å². The largest absolute Gasteiger partial charge is 0.495 e. The maximum atomic E-state index is 15.1. The first-order valence-electron chi connectivity index (χ1n) is 12.8. The summed E-state index contributed by atoms with van der Waals surface area (Å²) in [5.74, 6) is -0.647. The van der Waals surface area contributed by atoms with E-state index in [-0.39, 0.29) is 12.7 Å². The van der Waals surface area contributed by atoms with Crippen LogP contribution in [0.3, 0.4) is 0 Å². The molecule has 6 nitrogen and oxygen atoms in total. The Morgan fingerprint density at radius 3 is 2.24 bits per heavy atom. The van der Waals surface area contributed by atoms with E-state index in [1.54, 1.807) is 6.07 Å². The number of nitrogens with zero attached hydrogens (tertiary/aromatic N) is 1. The smallest absolute Gasteiger partial charge is 0.491 e. The van der Waals surface area contributed by atoms with Gasteiger partial charge in [0.05, 0.1) is 12.7 Å². The molecule has 2 heterocycles. The molecule has 0 saturated carbocycles. The molecule has 0 aliphatic carbocycles. The molecule has 0 aromatic heterocycles. The van der Waals surface area contributed by atoms with Crippen LogP contribution in [0.1, 0.15) is 43.1 Å². The van der Waals surface area contributed by atoms with E-state index >= 15 is 4.39 Å². The fourth-order valence-corrected chi connectivity index (χ4v) is 5.03. The molecule has 0 spiro atoms. The quantitative estimate of drug-likeness (QED) is 0.417. The molecule has 2 atom stereocenters. The second-order valence-electron chi connectivity index (χ2n) is 10.1. The monoisotopic (exact) mass is 505 g/mol. The van der Waals surface area contributed by atoms with Crippen LogP contribution in [-0.2, 0) is 27.2 Å². The van der Waals surface area contributed by atoms with Crippen molar-refractivity contribution in [2.75, 3.05) is 19.8 Å². The van der Waals surface area contributed by atoms with Crippen molar-refractivity contribution in [1.82, 2.24) is 4.90 Å². The van der Waals surface area contributed by atoms with E-state index in [1.807, 2.05) is 50.2 Å². The standard InChI is InChI=1S/C29H33BFNO5/c1-29(2)35-20-23(36-29)19-34-26-14-13-24(31)27-25(37-30(33)28(26)27)15-16-32(17-21-9-5-3-6-10-21)18-22-11-7-4-8-12-22/h3-14,23,25,33H,15-20H2,1-2H3/t23-,25+/m0/s1. The summed E-state index contributed by atoms with van der Waals surface area (Å²) in [7, 11) is -1.25. The van der Waals surface area contributed by atoms with Gasteiger partial charge in [-0.2, -0.15) is 0 Å². The van der Waals surface area contributed by atoms with Gasteiger partial charge in [0.25, 0.3) is 0 Å². The van der Waals surface area contributed by atoms with E-state index in [4.69, 9.17) is 18.9 Å². The Hall–Kier alpha value is -2.75. The first-order chi connectivity index (χ1) is 17.9. The average molecular weight is 505 g/mol. The molecule has 0 bridgehead atoms. The first kappa shape index (κ1) is 25.9. The Bertz CT molecular complexity index is 1140. The Morgan fingerprint density at radius 1 is 1.00 bits per heavy atom. The number of ether oxygens (including phenoxy) is 3. The van der Waals surface area contributed by atoms with Crippen molar-refractivity contribution >= 4 is 12.6 Å². The summed E-state index contributed by atoms with van der Waals surface area (Å²) in [6, 6.07) is 23.5. The SMILES string of the molecule is CC1(C)OC[C@H](COc2ccc(F)c3c2B(O)O[C@@H]3CCN(Cc2ccccc2)Cc2ccccc2)O1. The fraction of sp³-hybridized carbons (Fsp3) is 0.379. The average Bonchev–Trinajstić information content (AvgIpc) is 3.42. The first-order valence-corrected chi connectivity index (χ1v) is 12.8. The molecule has 1 saturated heterocycles. The minimum atomic E-state index is -1.25. The van der Waals surface area contributed by atoms with Gasteiger partial charge in [-0.1, -0.05) is 60.7 Å². The molecule has 0 unspecified atom stereocenters. The molecule has 1 fully saturated rings. The molecular weight excluding hydrogens is 472 g/mol. The third-order valence-corrected chi connectivity index (χ3v) is 6.75. The third kappa shape index (κ3) is 6.40. The summed E-state index contributed by atoms with van der Waals surface area (Å²) in [5, 5.41) is 10.7. The zero-order valence-electron chi connectivity index (χ0n) is 21.3. The lowest BCUT2D eigenvalue weighted by molar-refractivity contribution is -0.141. The highest BCUT2D eigenvalue weighted by molar-refractivity contribution is 6.62. The van der Waals surface area contributed by atoms with Gasteiger partial charge in [0.1, 0.15) is 24.3 Å². The summed E-state index contributed by atoms with van der Waals surface area (Å²) in [6.07, 6.45) is -0.291. The predicted molar refractivity (Wildman–Crippen MR) is 140 cm³/mol. The molecule has 5 rings (SSSR count). The molecule has 37 heavy (non-hydrogen) atoms. The lowest BCUT2D eigenvalue weighted by Crippen LogP contribution is -2.32. The molecule has 0 radical (unpaired) electrons. The van der Waals surface area contributed by atoms with Crippen molar-refractivity contribution < 1.29 is 28.3 Å². The van der Waals surface area contributed by atoms with Crippen LogP contribution in [0, 0.1) is 5.82 Å². The van der Waals surface area contributed by atoms with Crippen LogP contribution in [0.2, 0.25) is 0 Å². The summed E-state index contributed by atoms with van der Waals surface area (Å²) in [5.41, 5.74) is 3.14. The zero-order chi connectivity index (χ0) is 25.8. The Morgan fingerprint density at radius 2 is 1.65 bits per heavy atom.